The van der Waals surface area contributed by atoms with E-state index in [1.54, 1.807) is 12.1 Å². The van der Waals surface area contributed by atoms with E-state index in [4.69, 9.17) is 0 Å². The molecule has 0 amide bonds. The lowest BCUT2D eigenvalue weighted by Gasteiger charge is -2.05. The molecule has 2 aromatic carbocycles. The summed E-state index contributed by atoms with van der Waals surface area (Å²) >= 11 is 0. The van der Waals surface area contributed by atoms with Crippen molar-refractivity contribution < 1.29 is 9.32 Å². The minimum atomic E-state index is -1.44. The summed E-state index contributed by atoms with van der Waals surface area (Å²) in [5, 5.41) is 15.3. The molecule has 5 aromatic rings. The molecule has 0 saturated heterocycles. The maximum absolute atomic E-state index is 13.4. The van der Waals surface area contributed by atoms with E-state index < -0.39 is 16.5 Å². The highest BCUT2D eigenvalue weighted by molar-refractivity contribution is 7.84. The molecule has 9 nitrogen and oxygen atoms in total. The minimum absolute atomic E-state index is 0.190. The van der Waals surface area contributed by atoms with Crippen LogP contribution in [0, 0.1) is 6.92 Å². The summed E-state index contributed by atoms with van der Waals surface area (Å²) < 4.78 is 14.9. The van der Waals surface area contributed by atoms with E-state index in [1.165, 1.54) is 10.7 Å². The number of aromatic amines is 2. The molecule has 0 aliphatic rings. The Hall–Kier alpha value is -4.31. The number of imidazole rings is 1. The molecule has 0 fully saturated rings. The van der Waals surface area contributed by atoms with Crippen molar-refractivity contribution in [3.63, 3.8) is 0 Å². The molecule has 3 heterocycles. The van der Waals surface area contributed by atoms with Crippen LogP contribution in [0.4, 0.5) is 5.69 Å². The fourth-order valence-electron chi connectivity index (χ4n) is 3.54. The molecule has 1 unspecified atom stereocenters. The van der Waals surface area contributed by atoms with Crippen molar-refractivity contribution in [2.45, 2.75) is 17.7 Å². The van der Waals surface area contributed by atoms with Crippen LogP contribution in [0.15, 0.2) is 81.7 Å². The summed E-state index contributed by atoms with van der Waals surface area (Å²) in [6.07, 6.45) is 3.08. The summed E-state index contributed by atoms with van der Waals surface area (Å²) in [6.45, 7) is 1.98. The number of aromatic hydroxyl groups is 1. The molecule has 3 aromatic heterocycles. The number of fused-ring (bicyclic) bond motifs is 1. The van der Waals surface area contributed by atoms with Crippen LogP contribution in [-0.2, 0) is 16.6 Å². The van der Waals surface area contributed by atoms with Crippen LogP contribution in [0.1, 0.15) is 16.8 Å². The maximum atomic E-state index is 13.4. The first-order chi connectivity index (χ1) is 16.5. The molecule has 0 bridgehead atoms. The zero-order chi connectivity index (χ0) is 23.7. The zero-order valence-corrected chi connectivity index (χ0v) is 18.9. The number of aromatic nitrogens is 5. The van der Waals surface area contributed by atoms with E-state index in [0.717, 1.165) is 11.1 Å². The second-order valence-corrected chi connectivity index (χ2v) is 9.10. The molecule has 1 atom stereocenters. The molecule has 170 valence electrons. The van der Waals surface area contributed by atoms with Gasteiger partial charge in [-0.25, -0.2) is 19.3 Å². The van der Waals surface area contributed by atoms with Crippen molar-refractivity contribution in [1.29, 1.82) is 0 Å². The third-order valence-electron chi connectivity index (χ3n) is 5.11. The first-order valence-electron chi connectivity index (χ1n) is 10.4. The Balaban J connectivity index is 1.71. The molecule has 0 aliphatic carbocycles. The summed E-state index contributed by atoms with van der Waals surface area (Å²) in [6, 6.07) is 18.9. The lowest BCUT2D eigenvalue weighted by atomic mass is 10.2. The van der Waals surface area contributed by atoms with Gasteiger partial charge in [0.2, 0.25) is 5.88 Å². The fraction of sp³-hybridized carbons (Fsp3) is 0.0833. The van der Waals surface area contributed by atoms with Gasteiger partial charge in [0.05, 0.1) is 28.4 Å². The number of aryl methyl sites for hydroxylation is 1. The highest BCUT2D eigenvalue weighted by Gasteiger charge is 2.14. The number of hydrogen-bond acceptors (Lipinski definition) is 6. The van der Waals surface area contributed by atoms with Crippen molar-refractivity contribution in [3.8, 4) is 5.88 Å². The molecular weight excluding hydrogens is 452 g/mol. The van der Waals surface area contributed by atoms with Crippen molar-refractivity contribution in [2.75, 3.05) is 0 Å². The standard InChI is InChI=1S/C24H20N6O3S/c1-15-6-5-9-18(10-15)26-20-12-21(34(33)14-16-7-3-2-4-8-16)30-22(28-20)17(13-25-30)11-19-23(31)29-24(32)27-19/h2-13,31H,14H2,1H3,(H2,27,29,32). The van der Waals surface area contributed by atoms with E-state index in [1.807, 2.05) is 61.5 Å². The number of hydrogen-bond donors (Lipinski definition) is 3. The van der Waals surface area contributed by atoms with Gasteiger partial charge in [0, 0.05) is 11.3 Å². The van der Waals surface area contributed by atoms with E-state index in [9.17, 15) is 14.1 Å². The Morgan fingerprint density at radius 1 is 1.12 bits per heavy atom. The van der Waals surface area contributed by atoms with Gasteiger partial charge in [-0.15, -0.1) is 0 Å². The number of benzene rings is 2. The van der Waals surface area contributed by atoms with Gasteiger partial charge in [0.25, 0.3) is 0 Å². The third-order valence-corrected chi connectivity index (χ3v) is 6.46. The largest absolute Gasteiger partial charge is 0.493 e. The van der Waals surface area contributed by atoms with E-state index in [0.29, 0.717) is 32.8 Å². The normalized spacial score (nSPS) is 13.6. The predicted molar refractivity (Wildman–Crippen MR) is 128 cm³/mol. The molecule has 0 saturated carbocycles. The van der Waals surface area contributed by atoms with Gasteiger partial charge in [-0.05, 0) is 36.3 Å². The smallest absolute Gasteiger partial charge is 0.326 e. The number of H-pyrrole nitrogens is 2. The van der Waals surface area contributed by atoms with Crippen molar-refractivity contribution in [1.82, 2.24) is 24.6 Å². The van der Waals surface area contributed by atoms with Crippen molar-refractivity contribution >= 4 is 28.2 Å². The second kappa shape index (κ2) is 8.91. The second-order valence-electron chi connectivity index (χ2n) is 7.70. The van der Waals surface area contributed by atoms with Gasteiger partial charge in [0.15, 0.2) is 11.1 Å². The van der Waals surface area contributed by atoms with Crippen LogP contribution in [0.3, 0.4) is 0 Å². The molecule has 0 radical (unpaired) electrons. The zero-order valence-electron chi connectivity index (χ0n) is 18.1. The maximum Gasteiger partial charge on any atom is 0.326 e. The highest BCUT2D eigenvalue weighted by Crippen LogP contribution is 2.14. The Bertz CT molecular complexity index is 1700. The molecule has 34 heavy (non-hydrogen) atoms. The van der Waals surface area contributed by atoms with Gasteiger partial charge in [-0.2, -0.15) is 5.10 Å². The summed E-state index contributed by atoms with van der Waals surface area (Å²) in [7, 11) is -1.44. The topological polar surface area (TPSA) is 128 Å². The quantitative estimate of drug-likeness (QED) is 0.336. The van der Waals surface area contributed by atoms with Crippen molar-refractivity contribution in [2.24, 2.45) is 4.99 Å². The van der Waals surface area contributed by atoms with Gasteiger partial charge in [0.1, 0.15) is 10.7 Å². The highest BCUT2D eigenvalue weighted by atomic mass is 32.2. The van der Waals surface area contributed by atoms with Gasteiger partial charge >= 0.3 is 5.69 Å². The molecule has 10 heteroatoms. The molecule has 3 N–H and O–H groups in total. The Morgan fingerprint density at radius 3 is 2.68 bits per heavy atom. The first-order valence-corrected chi connectivity index (χ1v) is 11.7. The van der Waals surface area contributed by atoms with E-state index >= 15 is 0 Å². The SMILES string of the molecule is Cc1cccc(N=c2cc(S(=O)Cc3ccccc3)n3ncc(=Cc4[nH]c(=O)[nH]c4O)c3n2)c1. The lowest BCUT2D eigenvalue weighted by molar-refractivity contribution is 0.454. The molecule has 5 rings (SSSR count). The Kier molecular flexibility index (Phi) is 5.64. The Morgan fingerprint density at radius 2 is 1.94 bits per heavy atom. The van der Waals surface area contributed by atoms with Gasteiger partial charge in [-0.1, -0.05) is 42.5 Å². The Labute approximate surface area is 195 Å². The van der Waals surface area contributed by atoms with E-state index in [-0.39, 0.29) is 11.6 Å². The molecular formula is C24H20N6O3S. The molecule has 0 spiro atoms. The van der Waals surface area contributed by atoms with Crippen LogP contribution in [-0.4, -0.2) is 33.9 Å². The third kappa shape index (κ3) is 4.44. The monoisotopic (exact) mass is 472 g/mol. The number of nitrogens with zero attached hydrogens (tertiary/aromatic N) is 4. The average molecular weight is 473 g/mol. The van der Waals surface area contributed by atoms with Crippen LogP contribution in [0.2, 0.25) is 0 Å². The average Bonchev–Trinajstić information content (AvgIpc) is 3.36. The lowest BCUT2D eigenvalue weighted by Crippen LogP contribution is -2.18. The first kappa shape index (κ1) is 21.5. The fourth-order valence-corrected chi connectivity index (χ4v) is 4.74. The van der Waals surface area contributed by atoms with Crippen molar-refractivity contribution in [3.05, 3.63) is 105 Å². The number of nitrogens with one attached hydrogen (secondary N) is 2. The van der Waals surface area contributed by atoms with E-state index in [2.05, 4.69) is 25.0 Å². The van der Waals surface area contributed by atoms with Crippen LogP contribution in [0.25, 0.3) is 11.7 Å². The van der Waals surface area contributed by atoms with Gasteiger partial charge in [-0.3, -0.25) is 9.19 Å². The predicted octanol–water partition coefficient (Wildman–Crippen LogP) is 1.85. The summed E-state index contributed by atoms with van der Waals surface area (Å²) in [5.74, 6) is 0.00659. The minimum Gasteiger partial charge on any atom is -0.493 e. The van der Waals surface area contributed by atoms with Crippen LogP contribution < -0.4 is 16.4 Å². The summed E-state index contributed by atoms with van der Waals surface area (Å²) in [4.78, 5) is 25.6. The van der Waals surface area contributed by atoms with Crippen LogP contribution in [0.5, 0.6) is 5.88 Å². The molecule has 0 aliphatic heterocycles. The van der Waals surface area contributed by atoms with Crippen LogP contribution >= 0.6 is 0 Å². The summed E-state index contributed by atoms with van der Waals surface area (Å²) in [5.41, 5.74) is 3.12. The van der Waals surface area contributed by atoms with Gasteiger partial charge < -0.3 is 10.1 Å². The number of rotatable bonds is 5.